The molecule has 1 amide bonds. The summed E-state index contributed by atoms with van der Waals surface area (Å²) in [6.45, 7) is 10.3. The molecule has 3 N–H and O–H groups in total. The van der Waals surface area contributed by atoms with Crippen LogP contribution in [0.25, 0.3) is 0 Å². The molecule has 2 rings (SSSR count). The van der Waals surface area contributed by atoms with Gasteiger partial charge in [0.15, 0.2) is 0 Å². The number of carbonyl (C=O) groups excluding carboxylic acids is 1. The number of benzene rings is 1. The van der Waals surface area contributed by atoms with Crippen LogP contribution in [0.1, 0.15) is 38.3 Å². The zero-order valence-corrected chi connectivity index (χ0v) is 16.4. The van der Waals surface area contributed by atoms with Gasteiger partial charge in [-0.3, -0.25) is 9.69 Å². The summed E-state index contributed by atoms with van der Waals surface area (Å²) in [5.74, 6) is 0.0625. The first kappa shape index (κ1) is 21.9. The predicted molar refractivity (Wildman–Crippen MR) is 104 cm³/mol. The summed E-state index contributed by atoms with van der Waals surface area (Å²) in [4.78, 5) is 14.5. The van der Waals surface area contributed by atoms with Crippen LogP contribution in [-0.4, -0.2) is 43.1 Å². The van der Waals surface area contributed by atoms with Crippen molar-refractivity contribution in [1.82, 2.24) is 10.2 Å². The standard InChI is InChI=1S/C19H31N3O2.ClH/c1-4-24-13-16-8-6-5-7-15(16)11-21-18(23)12-22-10-9-17(20)19(2,3)14-22;/h5-8,17H,4,9-14,20H2,1-3H3,(H,21,23);1H. The van der Waals surface area contributed by atoms with Crippen molar-refractivity contribution in [3.8, 4) is 0 Å². The predicted octanol–water partition coefficient (Wildman–Crippen LogP) is 2.32. The topological polar surface area (TPSA) is 67.6 Å². The molecule has 1 aromatic carbocycles. The number of rotatable bonds is 7. The number of amides is 1. The van der Waals surface area contributed by atoms with Crippen molar-refractivity contribution in [1.29, 1.82) is 0 Å². The second kappa shape index (κ2) is 10.1. The Kier molecular flexibility index (Phi) is 8.86. The summed E-state index contributed by atoms with van der Waals surface area (Å²) < 4.78 is 5.49. The van der Waals surface area contributed by atoms with Gasteiger partial charge in [-0.05, 0) is 29.9 Å². The van der Waals surface area contributed by atoms with Gasteiger partial charge >= 0.3 is 0 Å². The molecule has 1 heterocycles. The molecule has 6 heteroatoms. The molecule has 0 radical (unpaired) electrons. The Morgan fingerprint density at radius 2 is 2.04 bits per heavy atom. The third-order valence-corrected chi connectivity index (χ3v) is 4.81. The number of piperidine rings is 1. The third kappa shape index (κ3) is 6.59. The van der Waals surface area contributed by atoms with Crippen molar-refractivity contribution < 1.29 is 9.53 Å². The summed E-state index contributed by atoms with van der Waals surface area (Å²) in [5.41, 5.74) is 8.46. The first-order valence-electron chi connectivity index (χ1n) is 8.81. The van der Waals surface area contributed by atoms with Crippen LogP contribution in [0.2, 0.25) is 0 Å². The monoisotopic (exact) mass is 369 g/mol. The Morgan fingerprint density at radius 3 is 2.68 bits per heavy atom. The molecule has 0 aromatic heterocycles. The maximum Gasteiger partial charge on any atom is 0.234 e. The fourth-order valence-corrected chi connectivity index (χ4v) is 3.16. The highest BCUT2D eigenvalue weighted by Gasteiger charge is 2.33. The Morgan fingerprint density at radius 1 is 1.36 bits per heavy atom. The van der Waals surface area contributed by atoms with Crippen LogP contribution in [0.15, 0.2) is 24.3 Å². The lowest BCUT2D eigenvalue weighted by molar-refractivity contribution is -0.123. The smallest absolute Gasteiger partial charge is 0.234 e. The summed E-state index contributed by atoms with van der Waals surface area (Å²) in [6.07, 6.45) is 0.942. The molecule has 0 aliphatic carbocycles. The van der Waals surface area contributed by atoms with Crippen LogP contribution < -0.4 is 11.1 Å². The van der Waals surface area contributed by atoms with E-state index < -0.39 is 0 Å². The van der Waals surface area contributed by atoms with Crippen LogP contribution in [0.4, 0.5) is 0 Å². The molecule has 0 bridgehead atoms. The number of nitrogens with one attached hydrogen (secondary N) is 1. The number of halogens is 1. The lowest BCUT2D eigenvalue weighted by atomic mass is 9.80. The number of hydrogen-bond donors (Lipinski definition) is 2. The van der Waals surface area contributed by atoms with Gasteiger partial charge < -0.3 is 15.8 Å². The van der Waals surface area contributed by atoms with E-state index in [0.717, 1.165) is 30.6 Å². The first-order valence-corrected chi connectivity index (χ1v) is 8.81. The van der Waals surface area contributed by atoms with Crippen molar-refractivity contribution >= 4 is 18.3 Å². The Hall–Kier alpha value is -1.14. The molecule has 1 atom stereocenters. The molecule has 1 aromatic rings. The van der Waals surface area contributed by atoms with E-state index in [0.29, 0.717) is 26.3 Å². The molecule has 25 heavy (non-hydrogen) atoms. The van der Waals surface area contributed by atoms with E-state index >= 15 is 0 Å². The van der Waals surface area contributed by atoms with E-state index in [4.69, 9.17) is 10.5 Å². The van der Waals surface area contributed by atoms with Crippen molar-refractivity contribution in [3.05, 3.63) is 35.4 Å². The fraction of sp³-hybridized carbons (Fsp3) is 0.632. The van der Waals surface area contributed by atoms with E-state index in [2.05, 4.69) is 24.1 Å². The quantitative estimate of drug-likeness (QED) is 0.774. The molecule has 5 nitrogen and oxygen atoms in total. The van der Waals surface area contributed by atoms with Crippen LogP contribution in [0, 0.1) is 5.41 Å². The number of nitrogens with two attached hydrogens (primary N) is 1. The molecule has 0 spiro atoms. The lowest BCUT2D eigenvalue weighted by Crippen LogP contribution is -2.54. The number of hydrogen-bond acceptors (Lipinski definition) is 4. The first-order chi connectivity index (χ1) is 11.4. The number of likely N-dealkylation sites (tertiary alicyclic amines) is 1. The van der Waals surface area contributed by atoms with Crippen molar-refractivity contribution in [2.45, 2.75) is 46.4 Å². The van der Waals surface area contributed by atoms with Gasteiger partial charge in [-0.15, -0.1) is 12.4 Å². The van der Waals surface area contributed by atoms with Crippen LogP contribution in [0.5, 0.6) is 0 Å². The van der Waals surface area contributed by atoms with E-state index in [1.807, 2.05) is 31.2 Å². The van der Waals surface area contributed by atoms with Gasteiger partial charge in [-0.1, -0.05) is 38.1 Å². The zero-order chi connectivity index (χ0) is 17.6. The number of carbonyl (C=O) groups is 1. The molecule has 0 saturated carbocycles. The summed E-state index contributed by atoms with van der Waals surface area (Å²) in [6, 6.07) is 8.29. The van der Waals surface area contributed by atoms with Crippen LogP contribution >= 0.6 is 12.4 Å². The molecule has 142 valence electrons. The molecule has 1 unspecified atom stereocenters. The van der Waals surface area contributed by atoms with Gasteiger partial charge in [0.25, 0.3) is 0 Å². The minimum absolute atomic E-state index is 0. The Balaban J connectivity index is 0.00000312. The van der Waals surface area contributed by atoms with E-state index in [1.165, 1.54) is 0 Å². The average molecular weight is 370 g/mol. The SMILES string of the molecule is CCOCc1ccccc1CNC(=O)CN1CCC(N)C(C)(C)C1.Cl. The highest BCUT2D eigenvalue weighted by molar-refractivity contribution is 5.85. The highest BCUT2D eigenvalue weighted by Crippen LogP contribution is 2.27. The fourth-order valence-electron chi connectivity index (χ4n) is 3.16. The Labute approximate surface area is 157 Å². The van der Waals surface area contributed by atoms with E-state index in [9.17, 15) is 4.79 Å². The summed E-state index contributed by atoms with van der Waals surface area (Å²) >= 11 is 0. The normalized spacial score (nSPS) is 19.9. The molecule has 1 saturated heterocycles. The van der Waals surface area contributed by atoms with Crippen LogP contribution in [0.3, 0.4) is 0 Å². The van der Waals surface area contributed by atoms with E-state index in [1.54, 1.807) is 0 Å². The Bertz CT molecular complexity index is 551. The van der Waals surface area contributed by atoms with Crippen molar-refractivity contribution in [2.24, 2.45) is 11.1 Å². The molecule has 1 fully saturated rings. The molecule has 1 aliphatic rings. The average Bonchev–Trinajstić information content (AvgIpc) is 2.55. The van der Waals surface area contributed by atoms with Gasteiger partial charge in [-0.25, -0.2) is 0 Å². The number of nitrogens with zero attached hydrogens (tertiary/aromatic N) is 1. The van der Waals surface area contributed by atoms with Gasteiger partial charge in [0.1, 0.15) is 0 Å². The number of ether oxygens (including phenoxy) is 1. The zero-order valence-electron chi connectivity index (χ0n) is 15.6. The maximum atomic E-state index is 12.3. The second-order valence-electron chi connectivity index (χ2n) is 7.28. The maximum absolute atomic E-state index is 12.3. The van der Waals surface area contributed by atoms with Crippen molar-refractivity contribution in [2.75, 3.05) is 26.2 Å². The minimum atomic E-state index is 0. The molecular formula is C19H32ClN3O2. The summed E-state index contributed by atoms with van der Waals surface area (Å²) in [5, 5.41) is 3.03. The molecule has 1 aliphatic heterocycles. The molecular weight excluding hydrogens is 338 g/mol. The van der Waals surface area contributed by atoms with E-state index in [-0.39, 0.29) is 29.8 Å². The minimum Gasteiger partial charge on any atom is -0.377 e. The third-order valence-electron chi connectivity index (χ3n) is 4.81. The van der Waals surface area contributed by atoms with Gasteiger partial charge in [0.05, 0.1) is 13.2 Å². The van der Waals surface area contributed by atoms with Crippen molar-refractivity contribution in [3.63, 3.8) is 0 Å². The summed E-state index contributed by atoms with van der Waals surface area (Å²) in [7, 11) is 0. The van der Waals surface area contributed by atoms with Crippen LogP contribution in [-0.2, 0) is 22.7 Å². The second-order valence-corrected chi connectivity index (χ2v) is 7.28. The van der Waals surface area contributed by atoms with Gasteiger partial charge in [0.2, 0.25) is 5.91 Å². The van der Waals surface area contributed by atoms with Gasteiger partial charge in [-0.2, -0.15) is 0 Å². The lowest BCUT2D eigenvalue weighted by Gasteiger charge is -2.42. The van der Waals surface area contributed by atoms with Gasteiger partial charge in [0, 0.05) is 32.3 Å². The largest absolute Gasteiger partial charge is 0.377 e. The highest BCUT2D eigenvalue weighted by atomic mass is 35.5.